The van der Waals surface area contributed by atoms with Crippen LogP contribution in [-0.4, -0.2) is 37.3 Å². The van der Waals surface area contributed by atoms with Crippen molar-refractivity contribution in [3.8, 4) is 17.1 Å². The number of aliphatic hydroxyl groups is 3. The van der Waals surface area contributed by atoms with Crippen molar-refractivity contribution in [3.63, 3.8) is 0 Å². The molecule has 5 rings (SSSR count). The minimum atomic E-state index is -1.08. The molecule has 0 aliphatic heterocycles. The molecule has 34 heavy (non-hydrogen) atoms. The third-order valence-electron chi connectivity index (χ3n) is 6.96. The number of aliphatic hydroxyl groups excluding tert-OH is 3. The molecule has 1 aromatic heterocycles. The molecule has 1 heterocycles. The molecule has 0 bridgehead atoms. The Morgan fingerprint density at radius 1 is 1.06 bits per heavy atom. The molecule has 0 saturated carbocycles. The molecular formula is C25H24N2O7. The quantitative estimate of drug-likeness (QED) is 0.428. The maximum Gasteiger partial charge on any atom is 0.256 e. The summed E-state index contributed by atoms with van der Waals surface area (Å²) in [5, 5.41) is 47.6. The summed E-state index contributed by atoms with van der Waals surface area (Å²) in [6.45, 7) is 3.98. The average Bonchev–Trinajstić information content (AvgIpc) is 3.23. The smallest absolute Gasteiger partial charge is 0.256 e. The summed E-state index contributed by atoms with van der Waals surface area (Å²) >= 11 is 0. The summed E-state index contributed by atoms with van der Waals surface area (Å²) in [5.41, 5.74) is 7.09. The van der Waals surface area contributed by atoms with Gasteiger partial charge in [0.1, 0.15) is 28.6 Å². The predicted octanol–water partition coefficient (Wildman–Crippen LogP) is 3.71. The van der Waals surface area contributed by atoms with Crippen LogP contribution in [0.15, 0.2) is 51.0 Å². The van der Waals surface area contributed by atoms with E-state index in [0.717, 1.165) is 5.69 Å². The van der Waals surface area contributed by atoms with E-state index in [-0.39, 0.29) is 40.6 Å². The van der Waals surface area contributed by atoms with Crippen molar-refractivity contribution in [1.29, 1.82) is 0 Å². The number of carbonyl (C=O) groups excluding carboxylic acids is 2. The van der Waals surface area contributed by atoms with Gasteiger partial charge < -0.3 is 30.7 Å². The van der Waals surface area contributed by atoms with Crippen molar-refractivity contribution in [1.82, 2.24) is 5.16 Å². The van der Waals surface area contributed by atoms with Crippen LogP contribution in [0, 0.1) is 11.8 Å². The summed E-state index contributed by atoms with van der Waals surface area (Å²) in [7, 11) is 0. The number of ketones is 1. The van der Waals surface area contributed by atoms with E-state index in [9.17, 15) is 30.0 Å². The van der Waals surface area contributed by atoms with Crippen LogP contribution in [-0.2, 0) is 16.0 Å². The first-order valence-electron chi connectivity index (χ1n) is 11.1. The van der Waals surface area contributed by atoms with E-state index in [1.807, 2.05) is 19.9 Å². The molecule has 9 heteroatoms. The van der Waals surface area contributed by atoms with Gasteiger partial charge in [0.2, 0.25) is 0 Å². The van der Waals surface area contributed by atoms with Crippen LogP contribution < -0.4 is 5.73 Å². The van der Waals surface area contributed by atoms with Crippen molar-refractivity contribution in [3.05, 3.63) is 63.3 Å². The van der Waals surface area contributed by atoms with Crippen LogP contribution in [0.5, 0.6) is 5.75 Å². The topological polar surface area (TPSA) is 167 Å². The third-order valence-corrected chi connectivity index (χ3v) is 6.96. The Bertz CT molecular complexity index is 1360. The minimum absolute atomic E-state index is 0.0158. The Hall–Kier alpha value is -4.01. The molecule has 0 spiro atoms. The summed E-state index contributed by atoms with van der Waals surface area (Å²) in [4.78, 5) is 24.1. The van der Waals surface area contributed by atoms with Gasteiger partial charge in [0.15, 0.2) is 11.5 Å². The lowest BCUT2D eigenvalue weighted by atomic mass is 9.66. The number of hydrogen-bond donors (Lipinski definition) is 5. The van der Waals surface area contributed by atoms with Gasteiger partial charge in [0.25, 0.3) is 5.91 Å². The zero-order valence-electron chi connectivity index (χ0n) is 18.6. The van der Waals surface area contributed by atoms with Crippen molar-refractivity contribution < 1.29 is 34.5 Å². The van der Waals surface area contributed by atoms with E-state index in [2.05, 4.69) is 5.16 Å². The monoisotopic (exact) mass is 464 g/mol. The average molecular weight is 464 g/mol. The summed E-state index contributed by atoms with van der Waals surface area (Å²) in [5.74, 6) is -3.53. The number of aromatic hydroxyl groups is 1. The lowest BCUT2D eigenvalue weighted by Crippen LogP contribution is -2.35. The number of carbonyl (C=O) groups is 2. The molecule has 0 radical (unpaired) electrons. The number of primary amides is 1. The molecule has 2 atom stereocenters. The fourth-order valence-electron chi connectivity index (χ4n) is 5.35. The van der Waals surface area contributed by atoms with Gasteiger partial charge >= 0.3 is 0 Å². The number of allylic oxidation sites excluding steroid dienone is 2. The molecule has 176 valence electrons. The van der Waals surface area contributed by atoms with E-state index in [1.54, 1.807) is 6.07 Å². The number of fused-ring (bicyclic) bond motifs is 3. The molecule has 0 unspecified atom stereocenters. The number of phenolic OH excluding ortho intramolecular Hbond substituents is 1. The highest BCUT2D eigenvalue weighted by molar-refractivity contribution is 6.20. The fourth-order valence-corrected chi connectivity index (χ4v) is 5.35. The second-order valence-corrected chi connectivity index (χ2v) is 9.33. The summed E-state index contributed by atoms with van der Waals surface area (Å²) < 4.78 is 5.54. The molecule has 9 nitrogen and oxygen atoms in total. The number of Topliss-reactive ketones (excluding diaryl/α,β-unsaturated/α-hetero) is 1. The molecule has 6 N–H and O–H groups in total. The Labute approximate surface area is 194 Å². The highest BCUT2D eigenvalue weighted by atomic mass is 16.5. The number of benzene rings is 1. The van der Waals surface area contributed by atoms with Gasteiger partial charge in [0.05, 0.1) is 11.3 Å². The summed E-state index contributed by atoms with van der Waals surface area (Å²) in [6.07, 6.45) is 0.583. The molecule has 3 aliphatic rings. The SMILES string of the molecule is CC(C)c1cc(-c2ccc(O)c3c2C[C@H]2C[C@H]4CC(=O)C(C(N)=O)=C(O)C4=C(O)C2=C3O)on1. The van der Waals surface area contributed by atoms with Crippen molar-refractivity contribution in [2.45, 2.75) is 39.0 Å². The predicted molar refractivity (Wildman–Crippen MR) is 121 cm³/mol. The van der Waals surface area contributed by atoms with Gasteiger partial charge in [-0.15, -0.1) is 0 Å². The van der Waals surface area contributed by atoms with Gasteiger partial charge in [-0.05, 0) is 48.3 Å². The molecular weight excluding hydrogens is 440 g/mol. The Morgan fingerprint density at radius 3 is 2.38 bits per heavy atom. The second-order valence-electron chi connectivity index (χ2n) is 9.33. The number of amides is 1. The standard InChI is InChI=1S/C25H24N2O7/c1-9(2)14-8-17(34-27-14)12-3-4-15(28)20-13(12)6-10-5-11-7-16(29)21(25(26)33)24(32)19(11)22(30)18(10)23(20)31/h3-4,8-11,28,30-32H,5-7H2,1-2H3,(H2,26,33)/t10-,11+/m1/s1. The van der Waals surface area contributed by atoms with Crippen molar-refractivity contribution in [2.24, 2.45) is 17.6 Å². The number of nitrogens with two attached hydrogens (primary N) is 1. The molecule has 1 amide bonds. The lowest BCUT2D eigenvalue weighted by Gasteiger charge is -2.38. The molecule has 0 fully saturated rings. The Balaban J connectivity index is 1.71. The number of aromatic nitrogens is 1. The molecule has 3 aliphatic carbocycles. The van der Waals surface area contributed by atoms with Crippen molar-refractivity contribution >= 4 is 17.4 Å². The van der Waals surface area contributed by atoms with Crippen molar-refractivity contribution in [2.75, 3.05) is 0 Å². The third kappa shape index (κ3) is 3.03. The lowest BCUT2D eigenvalue weighted by molar-refractivity contribution is -0.122. The first-order valence-corrected chi connectivity index (χ1v) is 11.1. The maximum absolute atomic E-state index is 12.4. The first kappa shape index (κ1) is 21.8. The van der Waals surface area contributed by atoms with Crippen LogP contribution >= 0.6 is 0 Å². The Kier molecular flexibility index (Phi) is 4.82. The highest BCUT2D eigenvalue weighted by Gasteiger charge is 2.45. The molecule has 0 saturated heterocycles. The van der Waals surface area contributed by atoms with Gasteiger partial charge in [-0.3, -0.25) is 9.59 Å². The molecule has 2 aromatic rings. The van der Waals surface area contributed by atoms with E-state index in [1.165, 1.54) is 6.07 Å². The second kappa shape index (κ2) is 7.51. The van der Waals surface area contributed by atoms with Crippen LogP contribution in [0.2, 0.25) is 0 Å². The zero-order valence-corrected chi connectivity index (χ0v) is 18.6. The number of hydrogen-bond acceptors (Lipinski definition) is 8. The van der Waals surface area contributed by atoms with Crippen LogP contribution in [0.25, 0.3) is 17.1 Å². The van der Waals surface area contributed by atoms with Gasteiger partial charge in [0, 0.05) is 29.2 Å². The van der Waals surface area contributed by atoms with E-state index in [4.69, 9.17) is 10.3 Å². The zero-order chi connectivity index (χ0) is 24.5. The van der Waals surface area contributed by atoms with Crippen LogP contribution in [0.1, 0.15) is 49.4 Å². The van der Waals surface area contributed by atoms with Gasteiger partial charge in [-0.2, -0.15) is 0 Å². The number of rotatable bonds is 3. The number of nitrogens with zero attached hydrogens (tertiary/aromatic N) is 1. The van der Waals surface area contributed by atoms with Gasteiger partial charge in [-0.25, -0.2) is 0 Å². The minimum Gasteiger partial charge on any atom is -0.507 e. The van der Waals surface area contributed by atoms with E-state index >= 15 is 0 Å². The maximum atomic E-state index is 12.4. The van der Waals surface area contributed by atoms with Crippen LogP contribution in [0.4, 0.5) is 0 Å². The summed E-state index contributed by atoms with van der Waals surface area (Å²) in [6, 6.07) is 4.94. The van der Waals surface area contributed by atoms with Crippen LogP contribution in [0.3, 0.4) is 0 Å². The molecule has 1 aromatic carbocycles. The normalized spacial score (nSPS) is 22.1. The number of phenols is 1. The first-order chi connectivity index (χ1) is 16.1. The van der Waals surface area contributed by atoms with Gasteiger partial charge in [-0.1, -0.05) is 19.0 Å². The largest absolute Gasteiger partial charge is 0.507 e. The van der Waals surface area contributed by atoms with E-state index in [0.29, 0.717) is 29.7 Å². The highest BCUT2D eigenvalue weighted by Crippen LogP contribution is 2.52. The Morgan fingerprint density at radius 2 is 1.74 bits per heavy atom. The fraction of sp³-hybridized carbons (Fsp3) is 0.320. The van der Waals surface area contributed by atoms with E-state index < -0.39 is 40.6 Å².